The molecule has 0 atom stereocenters. The maximum atomic E-state index is 10.9. The second-order valence-corrected chi connectivity index (χ2v) is 5.66. The number of ether oxygens (including phenoxy) is 1. The van der Waals surface area contributed by atoms with Gasteiger partial charge in [0.2, 0.25) is 0 Å². The molecule has 1 fully saturated rings. The van der Waals surface area contributed by atoms with Crippen LogP contribution < -0.4 is 4.74 Å². The van der Waals surface area contributed by atoms with E-state index in [0.717, 1.165) is 11.3 Å². The van der Waals surface area contributed by atoms with E-state index in [4.69, 9.17) is 9.84 Å². The summed E-state index contributed by atoms with van der Waals surface area (Å²) in [5.41, 5.74) is 0.0532. The number of rotatable bonds is 5. The fraction of sp³-hybridized carbons (Fsp3) is 0.471. The maximum absolute atomic E-state index is 10.9. The molecule has 0 heterocycles. The van der Waals surface area contributed by atoms with Gasteiger partial charge in [-0.05, 0) is 38.7 Å². The van der Waals surface area contributed by atoms with Crippen molar-refractivity contribution in [2.75, 3.05) is 6.61 Å². The fourth-order valence-corrected chi connectivity index (χ4v) is 2.69. The molecule has 0 radical (unpaired) electrons. The Morgan fingerprint density at radius 3 is 2.67 bits per heavy atom. The summed E-state index contributed by atoms with van der Waals surface area (Å²) >= 11 is 0. The first-order valence-electron chi connectivity index (χ1n) is 7.34. The third-order valence-corrected chi connectivity index (χ3v) is 4.03. The second-order valence-electron chi connectivity index (χ2n) is 5.66. The van der Waals surface area contributed by atoms with E-state index in [1.165, 1.54) is 0 Å². The molecule has 1 saturated carbocycles. The number of benzene rings is 1. The number of aliphatic carboxylic acids is 1. The first kappa shape index (κ1) is 15.6. The van der Waals surface area contributed by atoms with Gasteiger partial charge in [0, 0.05) is 5.56 Å². The highest BCUT2D eigenvalue weighted by Crippen LogP contribution is 2.33. The van der Waals surface area contributed by atoms with Gasteiger partial charge in [0.05, 0.1) is 11.5 Å². The third-order valence-electron chi connectivity index (χ3n) is 4.03. The SMILES string of the molecule is C/C=C/c1ccccc1OCC1(O)CCC(C(=O)O)CC1. The van der Waals surface area contributed by atoms with Crippen LogP contribution in [0.3, 0.4) is 0 Å². The second kappa shape index (κ2) is 6.76. The van der Waals surface area contributed by atoms with Crippen molar-refractivity contribution in [3.05, 3.63) is 35.9 Å². The summed E-state index contributed by atoms with van der Waals surface area (Å²) in [6.07, 6.45) is 5.85. The highest BCUT2D eigenvalue weighted by molar-refractivity contribution is 5.70. The summed E-state index contributed by atoms with van der Waals surface area (Å²) in [5.74, 6) is -0.360. The van der Waals surface area contributed by atoms with Crippen LogP contribution in [-0.2, 0) is 4.79 Å². The molecule has 4 nitrogen and oxygen atoms in total. The molecule has 4 heteroatoms. The highest BCUT2D eigenvalue weighted by Gasteiger charge is 2.36. The number of hydrogen-bond acceptors (Lipinski definition) is 3. The Balaban J connectivity index is 1.96. The molecule has 1 aliphatic carbocycles. The first-order valence-corrected chi connectivity index (χ1v) is 7.34. The van der Waals surface area contributed by atoms with Crippen molar-refractivity contribution in [3.8, 4) is 5.75 Å². The first-order chi connectivity index (χ1) is 10.0. The van der Waals surface area contributed by atoms with Gasteiger partial charge in [-0.2, -0.15) is 0 Å². The van der Waals surface area contributed by atoms with Crippen LogP contribution in [0.4, 0.5) is 0 Å². The van der Waals surface area contributed by atoms with Gasteiger partial charge in [-0.25, -0.2) is 0 Å². The minimum absolute atomic E-state index is 0.202. The van der Waals surface area contributed by atoms with Crippen molar-refractivity contribution in [3.63, 3.8) is 0 Å². The van der Waals surface area contributed by atoms with Crippen LogP contribution in [0.2, 0.25) is 0 Å². The lowest BCUT2D eigenvalue weighted by molar-refractivity contribution is -0.145. The van der Waals surface area contributed by atoms with Crippen molar-refractivity contribution in [1.82, 2.24) is 0 Å². The molecule has 0 bridgehead atoms. The Morgan fingerprint density at radius 2 is 2.05 bits per heavy atom. The minimum Gasteiger partial charge on any atom is -0.490 e. The average molecular weight is 290 g/mol. The van der Waals surface area contributed by atoms with E-state index in [1.54, 1.807) is 0 Å². The number of carbonyl (C=O) groups is 1. The lowest BCUT2D eigenvalue weighted by Crippen LogP contribution is -2.41. The lowest BCUT2D eigenvalue weighted by atomic mass is 9.79. The van der Waals surface area contributed by atoms with Crippen LogP contribution >= 0.6 is 0 Å². The number of para-hydroxylation sites is 1. The summed E-state index contributed by atoms with van der Waals surface area (Å²) in [7, 11) is 0. The van der Waals surface area contributed by atoms with E-state index in [9.17, 15) is 9.90 Å². The molecule has 2 N–H and O–H groups in total. The Labute approximate surface area is 125 Å². The molecular weight excluding hydrogens is 268 g/mol. The summed E-state index contributed by atoms with van der Waals surface area (Å²) in [4.78, 5) is 10.9. The van der Waals surface area contributed by atoms with E-state index >= 15 is 0 Å². The van der Waals surface area contributed by atoms with Crippen LogP contribution in [0.5, 0.6) is 5.75 Å². The molecule has 1 aliphatic rings. The van der Waals surface area contributed by atoms with E-state index < -0.39 is 11.6 Å². The van der Waals surface area contributed by atoms with Crippen molar-refractivity contribution in [2.45, 2.75) is 38.2 Å². The predicted octanol–water partition coefficient (Wildman–Crippen LogP) is 3.10. The van der Waals surface area contributed by atoms with Crippen molar-refractivity contribution < 1.29 is 19.7 Å². The molecule has 0 saturated heterocycles. The Hall–Kier alpha value is -1.81. The predicted molar refractivity (Wildman–Crippen MR) is 81.2 cm³/mol. The van der Waals surface area contributed by atoms with Crippen LogP contribution in [0.25, 0.3) is 6.08 Å². The van der Waals surface area contributed by atoms with E-state index in [1.807, 2.05) is 43.3 Å². The summed E-state index contributed by atoms with van der Waals surface area (Å²) in [6, 6.07) is 7.67. The third kappa shape index (κ3) is 4.08. The topological polar surface area (TPSA) is 66.8 Å². The van der Waals surface area contributed by atoms with Gasteiger partial charge in [0.15, 0.2) is 0 Å². The number of allylic oxidation sites excluding steroid dienone is 1. The van der Waals surface area contributed by atoms with Gasteiger partial charge in [-0.3, -0.25) is 4.79 Å². The van der Waals surface area contributed by atoms with Gasteiger partial charge >= 0.3 is 5.97 Å². The van der Waals surface area contributed by atoms with Gasteiger partial charge in [-0.15, -0.1) is 0 Å². The average Bonchev–Trinajstić information content (AvgIpc) is 2.47. The number of hydrogen-bond donors (Lipinski definition) is 2. The quantitative estimate of drug-likeness (QED) is 0.874. The maximum Gasteiger partial charge on any atom is 0.306 e. The number of carboxylic acids is 1. The summed E-state index contributed by atoms with van der Waals surface area (Å²) in [6.45, 7) is 2.14. The molecule has 0 spiro atoms. The zero-order chi connectivity index (χ0) is 15.3. The molecule has 0 unspecified atom stereocenters. The van der Waals surface area contributed by atoms with Crippen LogP contribution in [-0.4, -0.2) is 28.4 Å². The molecule has 2 rings (SSSR count). The van der Waals surface area contributed by atoms with Gasteiger partial charge in [-0.1, -0.05) is 30.4 Å². The molecule has 0 amide bonds. The summed E-state index contributed by atoms with van der Waals surface area (Å²) in [5, 5.41) is 19.5. The van der Waals surface area contributed by atoms with E-state index in [0.29, 0.717) is 25.7 Å². The summed E-state index contributed by atoms with van der Waals surface area (Å²) < 4.78 is 5.78. The zero-order valence-electron chi connectivity index (χ0n) is 12.3. The molecular formula is C17H22O4. The Morgan fingerprint density at radius 1 is 1.38 bits per heavy atom. The Bertz CT molecular complexity index is 513. The molecule has 1 aromatic carbocycles. The number of carboxylic acid groups (broad SMARTS) is 1. The van der Waals surface area contributed by atoms with Gasteiger partial charge < -0.3 is 14.9 Å². The van der Waals surface area contributed by atoms with Crippen molar-refractivity contribution >= 4 is 12.0 Å². The standard InChI is InChI=1S/C17H22O4/c1-2-5-13-6-3-4-7-15(13)21-12-17(20)10-8-14(9-11-17)16(18)19/h2-7,14,20H,8-12H2,1H3,(H,18,19)/b5-2+. The smallest absolute Gasteiger partial charge is 0.306 e. The van der Waals surface area contributed by atoms with E-state index in [2.05, 4.69) is 0 Å². The minimum atomic E-state index is -0.922. The largest absolute Gasteiger partial charge is 0.490 e. The Kier molecular flexibility index (Phi) is 5.02. The highest BCUT2D eigenvalue weighted by atomic mass is 16.5. The molecule has 114 valence electrons. The number of aliphatic hydroxyl groups is 1. The molecule has 0 aromatic heterocycles. The molecule has 21 heavy (non-hydrogen) atoms. The van der Waals surface area contributed by atoms with Gasteiger partial charge in [0.1, 0.15) is 12.4 Å². The van der Waals surface area contributed by atoms with Crippen LogP contribution in [0.15, 0.2) is 30.3 Å². The zero-order valence-corrected chi connectivity index (χ0v) is 12.3. The van der Waals surface area contributed by atoms with Gasteiger partial charge in [0.25, 0.3) is 0 Å². The normalized spacial score (nSPS) is 25.9. The molecule has 0 aliphatic heterocycles. The van der Waals surface area contributed by atoms with Crippen LogP contribution in [0, 0.1) is 5.92 Å². The van der Waals surface area contributed by atoms with Crippen molar-refractivity contribution in [1.29, 1.82) is 0 Å². The molecule has 1 aromatic rings. The van der Waals surface area contributed by atoms with Crippen LogP contribution in [0.1, 0.15) is 38.2 Å². The fourth-order valence-electron chi connectivity index (χ4n) is 2.69. The monoisotopic (exact) mass is 290 g/mol. The lowest BCUT2D eigenvalue weighted by Gasteiger charge is -2.34. The van der Waals surface area contributed by atoms with E-state index in [-0.39, 0.29) is 12.5 Å². The van der Waals surface area contributed by atoms with Crippen molar-refractivity contribution in [2.24, 2.45) is 5.92 Å².